The van der Waals surface area contributed by atoms with E-state index in [0.717, 1.165) is 0 Å². The summed E-state index contributed by atoms with van der Waals surface area (Å²) in [6.45, 7) is 9.13. The second-order valence-electron chi connectivity index (χ2n) is 6.76. The Morgan fingerprint density at radius 1 is 0.857 bits per heavy atom. The monoisotopic (exact) mass is 309 g/mol. The molecule has 0 aliphatic carbocycles. The van der Waals surface area contributed by atoms with Crippen LogP contribution in [0, 0.1) is 6.92 Å². The maximum atomic E-state index is 4.82. The zero-order valence-electron chi connectivity index (χ0n) is 14.8. The van der Waals surface area contributed by atoms with Gasteiger partial charge in [0.15, 0.2) is 0 Å². The topological polar surface area (TPSA) is 12.9 Å². The molecule has 0 fully saturated rings. The normalized spacial score (nSPS) is 12.6. The molecule has 1 aromatic rings. The summed E-state index contributed by atoms with van der Waals surface area (Å²) in [7, 11) is -1.18. The molecular weight excluding hydrogens is 273 g/mol. The van der Waals surface area contributed by atoms with Crippen molar-refractivity contribution in [1.82, 2.24) is 4.98 Å². The second-order valence-corrected chi connectivity index (χ2v) is 11.6. The van der Waals surface area contributed by atoms with E-state index in [2.05, 4.69) is 45.9 Å². The van der Waals surface area contributed by atoms with Crippen molar-refractivity contribution in [2.45, 2.75) is 72.4 Å². The van der Waals surface area contributed by atoms with E-state index in [1.165, 1.54) is 74.6 Å². The molecule has 0 radical (unpaired) electrons. The molecule has 0 atom stereocenters. The molecule has 0 amide bonds. The van der Waals surface area contributed by atoms with E-state index in [1.54, 1.807) is 0 Å². The van der Waals surface area contributed by atoms with Crippen LogP contribution in [-0.2, 0) is 6.16 Å². The summed E-state index contributed by atoms with van der Waals surface area (Å²) in [6, 6.07) is 6.58. The molecule has 1 aromatic heterocycles. The Kier molecular flexibility index (Phi) is 9.16. The predicted octanol–water partition coefficient (Wildman–Crippen LogP) is 6.04. The first-order valence-corrected chi connectivity index (χ1v) is 11.9. The van der Waals surface area contributed by atoms with Gasteiger partial charge in [-0.25, -0.2) is 0 Å². The van der Waals surface area contributed by atoms with Crippen molar-refractivity contribution < 1.29 is 0 Å². The number of aryl methyl sites for hydroxylation is 1. The number of nitrogens with zero attached hydrogens (tertiary/aromatic N) is 1. The summed E-state index contributed by atoms with van der Waals surface area (Å²) in [6.07, 6.45) is 14.1. The van der Waals surface area contributed by atoms with Gasteiger partial charge in [0, 0.05) is 0 Å². The van der Waals surface area contributed by atoms with E-state index < -0.39 is 7.26 Å². The fourth-order valence-electron chi connectivity index (χ4n) is 3.38. The van der Waals surface area contributed by atoms with Gasteiger partial charge in [-0.2, -0.15) is 0 Å². The first kappa shape index (κ1) is 18.6. The molecule has 0 N–H and O–H groups in total. The molecule has 0 bridgehead atoms. The van der Waals surface area contributed by atoms with Crippen LogP contribution in [0.15, 0.2) is 18.2 Å². The Balaban J connectivity index is 2.88. The number of hydrogen-bond donors (Lipinski definition) is 0. The molecule has 0 aliphatic heterocycles. The van der Waals surface area contributed by atoms with E-state index in [4.69, 9.17) is 4.98 Å². The van der Waals surface area contributed by atoms with Crippen LogP contribution >= 0.6 is 7.26 Å². The quantitative estimate of drug-likeness (QED) is 0.454. The molecule has 0 unspecified atom stereocenters. The van der Waals surface area contributed by atoms with Gasteiger partial charge in [-0.1, -0.05) is 0 Å². The van der Waals surface area contributed by atoms with Gasteiger partial charge >= 0.3 is 133 Å². The number of unbranched alkanes of at least 4 members (excludes halogenated alkanes) is 3. The Hall–Kier alpha value is -0.420. The Labute approximate surface area is 133 Å². The SMILES string of the molecule is CCCC[PH](CCCC)(CCCC)Cc1cccc(C)n1. The van der Waals surface area contributed by atoms with Gasteiger partial charge in [-0.15, -0.1) is 0 Å². The van der Waals surface area contributed by atoms with Gasteiger partial charge < -0.3 is 0 Å². The average Bonchev–Trinajstić information content (AvgIpc) is 2.48. The van der Waals surface area contributed by atoms with Crippen molar-refractivity contribution in [2.75, 3.05) is 18.5 Å². The van der Waals surface area contributed by atoms with E-state index in [1.807, 2.05) is 0 Å². The molecule has 1 rings (SSSR count). The Morgan fingerprint density at radius 3 is 1.81 bits per heavy atom. The van der Waals surface area contributed by atoms with Crippen molar-refractivity contribution in [3.63, 3.8) is 0 Å². The Morgan fingerprint density at radius 2 is 1.38 bits per heavy atom. The summed E-state index contributed by atoms with van der Waals surface area (Å²) < 4.78 is 0. The summed E-state index contributed by atoms with van der Waals surface area (Å²) >= 11 is 0. The minimum atomic E-state index is -1.18. The van der Waals surface area contributed by atoms with E-state index in [-0.39, 0.29) is 0 Å². The molecule has 0 spiro atoms. The average molecular weight is 309 g/mol. The first-order chi connectivity index (χ1) is 10.2. The van der Waals surface area contributed by atoms with Gasteiger partial charge in [-0.05, 0) is 0 Å². The fraction of sp³-hybridized carbons (Fsp3) is 0.737. The molecule has 21 heavy (non-hydrogen) atoms. The molecule has 122 valence electrons. The van der Waals surface area contributed by atoms with E-state index in [0.29, 0.717) is 0 Å². The van der Waals surface area contributed by atoms with Crippen molar-refractivity contribution >= 4 is 7.26 Å². The number of pyridine rings is 1. The molecule has 0 aliphatic rings. The molecule has 1 heterocycles. The van der Waals surface area contributed by atoms with Crippen LogP contribution in [0.4, 0.5) is 0 Å². The number of rotatable bonds is 11. The Bertz CT molecular complexity index is 367. The van der Waals surface area contributed by atoms with Crippen molar-refractivity contribution in [3.8, 4) is 0 Å². The molecule has 0 aromatic carbocycles. The van der Waals surface area contributed by atoms with Gasteiger partial charge in [0.1, 0.15) is 0 Å². The van der Waals surface area contributed by atoms with Crippen molar-refractivity contribution in [3.05, 3.63) is 29.6 Å². The summed E-state index contributed by atoms with van der Waals surface area (Å²) in [5.41, 5.74) is 2.54. The van der Waals surface area contributed by atoms with Crippen molar-refractivity contribution in [1.29, 1.82) is 0 Å². The van der Waals surface area contributed by atoms with E-state index in [9.17, 15) is 0 Å². The predicted molar refractivity (Wildman–Crippen MR) is 100 cm³/mol. The molecule has 0 saturated carbocycles. The van der Waals surface area contributed by atoms with Crippen LogP contribution in [0.5, 0.6) is 0 Å². The van der Waals surface area contributed by atoms with Gasteiger partial charge in [0.2, 0.25) is 0 Å². The number of hydrogen-bond acceptors (Lipinski definition) is 1. The van der Waals surface area contributed by atoms with Gasteiger partial charge in [0.25, 0.3) is 0 Å². The minimum absolute atomic E-state index is 1.18. The van der Waals surface area contributed by atoms with Crippen LogP contribution in [-0.4, -0.2) is 23.5 Å². The third-order valence-electron chi connectivity index (χ3n) is 4.68. The van der Waals surface area contributed by atoms with Gasteiger partial charge in [-0.3, -0.25) is 0 Å². The van der Waals surface area contributed by atoms with Gasteiger partial charge in [0.05, 0.1) is 0 Å². The third-order valence-corrected chi connectivity index (χ3v) is 10.0. The molecule has 1 nitrogen and oxygen atoms in total. The molecular formula is C19H36NP. The second kappa shape index (κ2) is 10.3. The first-order valence-electron chi connectivity index (χ1n) is 9.08. The molecule has 2 heteroatoms. The number of aromatic nitrogens is 1. The van der Waals surface area contributed by atoms with Crippen LogP contribution in [0.1, 0.15) is 70.7 Å². The zero-order chi connectivity index (χ0) is 15.6. The fourth-order valence-corrected chi connectivity index (χ4v) is 8.93. The maximum absolute atomic E-state index is 4.82. The van der Waals surface area contributed by atoms with Crippen LogP contribution in [0.25, 0.3) is 0 Å². The molecule has 0 saturated heterocycles. The summed E-state index contributed by atoms with van der Waals surface area (Å²) in [5.74, 6) is 0. The van der Waals surface area contributed by atoms with Crippen LogP contribution in [0.3, 0.4) is 0 Å². The summed E-state index contributed by atoms with van der Waals surface area (Å²) in [4.78, 5) is 4.82. The standard InChI is InChI=1S/C19H36NP/c1-5-8-14-21(15-9-6-2,16-10-7-3)17-19-13-11-12-18(4)20-19/h11-13,21H,5-10,14-17H2,1-4H3. The van der Waals surface area contributed by atoms with Crippen molar-refractivity contribution in [2.24, 2.45) is 0 Å². The van der Waals surface area contributed by atoms with Crippen LogP contribution in [0.2, 0.25) is 0 Å². The van der Waals surface area contributed by atoms with E-state index >= 15 is 0 Å². The zero-order valence-corrected chi connectivity index (χ0v) is 15.8. The summed E-state index contributed by atoms with van der Waals surface area (Å²) in [5, 5.41) is 0. The van der Waals surface area contributed by atoms with Crippen LogP contribution < -0.4 is 0 Å². The third kappa shape index (κ3) is 6.92.